The average molecular weight is 332 g/mol. The van der Waals surface area contributed by atoms with E-state index in [1.54, 1.807) is 34.2 Å². The van der Waals surface area contributed by atoms with Gasteiger partial charge in [0.2, 0.25) is 0 Å². The van der Waals surface area contributed by atoms with E-state index < -0.39 is 0 Å². The van der Waals surface area contributed by atoms with E-state index in [0.717, 1.165) is 21.1 Å². The molecule has 0 spiro atoms. The Morgan fingerprint density at radius 1 is 1.45 bits per heavy atom. The van der Waals surface area contributed by atoms with Crippen molar-refractivity contribution in [2.24, 2.45) is 7.05 Å². The molecule has 0 saturated heterocycles. The Labute approximate surface area is 136 Å². The smallest absolute Gasteiger partial charge is 0.265 e. The van der Waals surface area contributed by atoms with Crippen LogP contribution >= 0.6 is 22.7 Å². The Balaban J connectivity index is 1.79. The van der Waals surface area contributed by atoms with Gasteiger partial charge < -0.3 is 4.90 Å². The van der Waals surface area contributed by atoms with Gasteiger partial charge in [-0.2, -0.15) is 5.10 Å². The van der Waals surface area contributed by atoms with Crippen LogP contribution in [0.1, 0.15) is 20.9 Å². The van der Waals surface area contributed by atoms with Crippen molar-refractivity contribution < 1.29 is 4.79 Å². The summed E-state index contributed by atoms with van der Waals surface area (Å²) in [6, 6.07) is 4.02. The van der Waals surface area contributed by atoms with Crippen LogP contribution < -0.4 is 0 Å². The van der Waals surface area contributed by atoms with Gasteiger partial charge in [-0.05, 0) is 18.4 Å². The first-order valence-electron chi connectivity index (χ1n) is 6.79. The summed E-state index contributed by atoms with van der Waals surface area (Å²) < 4.78 is 1.74. The van der Waals surface area contributed by atoms with Gasteiger partial charge in [0.25, 0.3) is 5.91 Å². The van der Waals surface area contributed by atoms with E-state index in [4.69, 9.17) is 0 Å². The summed E-state index contributed by atoms with van der Waals surface area (Å²) in [6.07, 6.45) is 3.70. The van der Waals surface area contributed by atoms with Crippen LogP contribution in [-0.2, 0) is 13.6 Å². The molecule has 0 aliphatic rings. The fourth-order valence-corrected chi connectivity index (χ4v) is 4.03. The van der Waals surface area contributed by atoms with E-state index in [-0.39, 0.29) is 5.91 Å². The molecule has 7 heteroatoms. The molecular weight excluding hydrogens is 316 g/mol. The number of carbonyl (C=O) groups is 1. The number of thiophene rings is 1. The predicted octanol–water partition coefficient (Wildman–Crippen LogP) is 3.19. The summed E-state index contributed by atoms with van der Waals surface area (Å²) in [7, 11) is 3.67. The number of aryl methyl sites for hydroxylation is 2. The zero-order chi connectivity index (χ0) is 15.7. The molecule has 0 atom stereocenters. The van der Waals surface area contributed by atoms with Crippen molar-refractivity contribution >= 4 is 28.6 Å². The number of aromatic nitrogens is 3. The lowest BCUT2D eigenvalue weighted by molar-refractivity contribution is 0.0789. The Kier molecular flexibility index (Phi) is 4.08. The number of rotatable bonds is 4. The zero-order valence-corrected chi connectivity index (χ0v) is 14.2. The second-order valence-corrected chi connectivity index (χ2v) is 7.04. The van der Waals surface area contributed by atoms with Crippen LogP contribution in [0.15, 0.2) is 29.9 Å². The molecular formula is C15H16N4OS2. The molecule has 3 aromatic rings. The van der Waals surface area contributed by atoms with E-state index in [0.29, 0.717) is 11.4 Å². The van der Waals surface area contributed by atoms with Crippen LogP contribution in [-0.4, -0.2) is 32.6 Å². The topological polar surface area (TPSA) is 51.0 Å². The van der Waals surface area contributed by atoms with Gasteiger partial charge in [0, 0.05) is 32.4 Å². The van der Waals surface area contributed by atoms with Crippen LogP contribution in [0.5, 0.6) is 0 Å². The van der Waals surface area contributed by atoms with Crippen molar-refractivity contribution in [2.45, 2.75) is 13.5 Å². The molecule has 0 N–H and O–H groups in total. The molecule has 5 nitrogen and oxygen atoms in total. The fraction of sp³-hybridized carbons (Fsp3) is 0.267. The molecule has 3 aromatic heterocycles. The summed E-state index contributed by atoms with van der Waals surface area (Å²) in [6.45, 7) is 2.43. The Bertz CT molecular complexity index is 788. The first-order chi connectivity index (χ1) is 10.5. The molecule has 0 aliphatic carbocycles. The second-order valence-electron chi connectivity index (χ2n) is 5.09. The van der Waals surface area contributed by atoms with Crippen LogP contribution in [0.4, 0.5) is 0 Å². The third kappa shape index (κ3) is 2.95. The van der Waals surface area contributed by atoms with E-state index in [2.05, 4.69) is 10.1 Å². The second kappa shape index (κ2) is 6.02. The van der Waals surface area contributed by atoms with Gasteiger partial charge in [-0.1, -0.05) is 6.07 Å². The summed E-state index contributed by atoms with van der Waals surface area (Å²) in [5.41, 5.74) is 1.80. The monoisotopic (exact) mass is 332 g/mol. The fourth-order valence-electron chi connectivity index (χ4n) is 2.17. The Morgan fingerprint density at radius 2 is 2.27 bits per heavy atom. The van der Waals surface area contributed by atoms with Crippen molar-refractivity contribution in [1.29, 1.82) is 0 Å². The third-order valence-corrected chi connectivity index (χ3v) is 5.43. The van der Waals surface area contributed by atoms with Gasteiger partial charge in [0.15, 0.2) is 0 Å². The van der Waals surface area contributed by atoms with Crippen molar-refractivity contribution in [1.82, 2.24) is 19.7 Å². The minimum atomic E-state index is 0.00154. The SMILES string of the molecule is Cc1nc(-c2cccs2)sc1C(=O)N(C)Cc1cnn(C)c1. The molecule has 0 radical (unpaired) electrons. The van der Waals surface area contributed by atoms with E-state index >= 15 is 0 Å². The molecule has 0 unspecified atom stereocenters. The van der Waals surface area contributed by atoms with Crippen molar-refractivity contribution in [2.75, 3.05) is 7.05 Å². The largest absolute Gasteiger partial charge is 0.337 e. The van der Waals surface area contributed by atoms with Crippen LogP contribution in [0, 0.1) is 6.92 Å². The van der Waals surface area contributed by atoms with E-state index in [1.165, 1.54) is 11.3 Å². The first kappa shape index (κ1) is 14.9. The van der Waals surface area contributed by atoms with Crippen molar-refractivity contribution in [3.8, 4) is 9.88 Å². The van der Waals surface area contributed by atoms with Crippen LogP contribution in [0.25, 0.3) is 9.88 Å². The standard InChI is InChI=1S/C15H16N4OS2/c1-10-13(22-14(17-10)12-5-4-6-21-12)15(20)18(2)8-11-7-16-19(3)9-11/h4-7,9H,8H2,1-3H3. The summed E-state index contributed by atoms with van der Waals surface area (Å²) in [4.78, 5) is 20.7. The van der Waals surface area contributed by atoms with Gasteiger partial charge in [0.05, 0.1) is 16.8 Å². The Hall–Kier alpha value is -1.99. The molecule has 0 aromatic carbocycles. The molecule has 3 rings (SSSR count). The highest BCUT2D eigenvalue weighted by molar-refractivity contribution is 7.22. The molecule has 0 bridgehead atoms. The van der Waals surface area contributed by atoms with Gasteiger partial charge in [-0.15, -0.1) is 22.7 Å². The lowest BCUT2D eigenvalue weighted by atomic mass is 10.3. The van der Waals surface area contributed by atoms with Crippen molar-refractivity contribution in [3.63, 3.8) is 0 Å². The van der Waals surface area contributed by atoms with Gasteiger partial charge in [0.1, 0.15) is 9.88 Å². The predicted molar refractivity (Wildman–Crippen MR) is 89.2 cm³/mol. The van der Waals surface area contributed by atoms with Gasteiger partial charge >= 0.3 is 0 Å². The number of carbonyl (C=O) groups excluding carboxylic acids is 1. The van der Waals surface area contributed by atoms with Crippen LogP contribution in [0.2, 0.25) is 0 Å². The number of hydrogen-bond donors (Lipinski definition) is 0. The highest BCUT2D eigenvalue weighted by Crippen LogP contribution is 2.31. The normalized spacial score (nSPS) is 10.9. The maximum atomic E-state index is 12.6. The van der Waals surface area contributed by atoms with Crippen LogP contribution in [0.3, 0.4) is 0 Å². The Morgan fingerprint density at radius 3 is 2.91 bits per heavy atom. The quantitative estimate of drug-likeness (QED) is 0.737. The summed E-state index contributed by atoms with van der Waals surface area (Å²) >= 11 is 3.09. The van der Waals surface area contributed by atoms with E-state index in [9.17, 15) is 4.79 Å². The maximum Gasteiger partial charge on any atom is 0.265 e. The maximum absolute atomic E-state index is 12.6. The molecule has 0 fully saturated rings. The highest BCUT2D eigenvalue weighted by atomic mass is 32.1. The molecule has 0 saturated carbocycles. The molecule has 114 valence electrons. The van der Waals surface area contributed by atoms with Gasteiger partial charge in [-0.25, -0.2) is 4.98 Å². The summed E-state index contributed by atoms with van der Waals surface area (Å²) in [5, 5.41) is 7.05. The number of hydrogen-bond acceptors (Lipinski definition) is 5. The minimum absolute atomic E-state index is 0.00154. The molecule has 22 heavy (non-hydrogen) atoms. The highest BCUT2D eigenvalue weighted by Gasteiger charge is 2.20. The first-order valence-corrected chi connectivity index (χ1v) is 8.48. The lowest BCUT2D eigenvalue weighted by Gasteiger charge is -2.15. The molecule has 0 aliphatic heterocycles. The average Bonchev–Trinajstić information content (AvgIpc) is 3.19. The molecule has 1 amide bonds. The molecule has 3 heterocycles. The number of amides is 1. The van der Waals surface area contributed by atoms with E-state index in [1.807, 2.05) is 37.7 Å². The summed E-state index contributed by atoms with van der Waals surface area (Å²) in [5.74, 6) is 0.00154. The number of nitrogens with zero attached hydrogens (tertiary/aromatic N) is 4. The minimum Gasteiger partial charge on any atom is -0.337 e. The zero-order valence-electron chi connectivity index (χ0n) is 12.6. The van der Waals surface area contributed by atoms with Gasteiger partial charge in [-0.3, -0.25) is 9.48 Å². The number of thiazole rings is 1. The lowest BCUT2D eigenvalue weighted by Crippen LogP contribution is -2.25. The third-order valence-electron chi connectivity index (χ3n) is 3.25. The van der Waals surface area contributed by atoms with Crippen molar-refractivity contribution in [3.05, 3.63) is 46.0 Å².